The molecule has 5 rings (SSSR count). The van der Waals surface area contributed by atoms with Gasteiger partial charge in [0, 0.05) is 31.6 Å². The van der Waals surface area contributed by atoms with Crippen molar-refractivity contribution >= 4 is 5.91 Å². The first-order valence-corrected chi connectivity index (χ1v) is 11.3. The zero-order chi connectivity index (χ0) is 22.8. The highest BCUT2D eigenvalue weighted by Gasteiger charge is 2.30. The highest BCUT2D eigenvalue weighted by Crippen LogP contribution is 2.28. The largest absolute Gasteiger partial charge is 0.350 e. The van der Waals surface area contributed by atoms with Gasteiger partial charge in [0.1, 0.15) is 5.82 Å². The van der Waals surface area contributed by atoms with E-state index >= 15 is 0 Å². The highest BCUT2D eigenvalue weighted by molar-refractivity contribution is 5.94. The first-order valence-electron chi connectivity index (χ1n) is 11.3. The summed E-state index contributed by atoms with van der Waals surface area (Å²) in [6, 6.07) is 27.5. The molecule has 2 heterocycles. The molecule has 1 aliphatic rings. The fourth-order valence-electron chi connectivity index (χ4n) is 4.56. The minimum absolute atomic E-state index is 0.000369. The van der Waals surface area contributed by atoms with Crippen LogP contribution in [0.3, 0.4) is 0 Å². The van der Waals surface area contributed by atoms with Crippen molar-refractivity contribution < 1.29 is 4.79 Å². The number of para-hydroxylation sites is 1. The van der Waals surface area contributed by atoms with E-state index in [-0.39, 0.29) is 17.5 Å². The number of carbonyl (C=O) groups is 1. The van der Waals surface area contributed by atoms with Gasteiger partial charge in [-0.3, -0.25) is 4.79 Å². The molecule has 6 heteroatoms. The van der Waals surface area contributed by atoms with Crippen molar-refractivity contribution in [1.29, 1.82) is 0 Å². The zero-order valence-corrected chi connectivity index (χ0v) is 18.6. The molecule has 1 aliphatic heterocycles. The van der Waals surface area contributed by atoms with Gasteiger partial charge in [-0.25, -0.2) is 14.0 Å². The van der Waals surface area contributed by atoms with E-state index in [1.807, 2.05) is 77.7 Å². The number of piperidine rings is 1. The Bertz CT molecular complexity index is 1310. The molecule has 0 saturated carbocycles. The van der Waals surface area contributed by atoms with Gasteiger partial charge in [0.05, 0.1) is 5.69 Å². The average molecular weight is 439 g/mol. The molecule has 0 N–H and O–H groups in total. The third-order valence-corrected chi connectivity index (χ3v) is 6.28. The third-order valence-electron chi connectivity index (χ3n) is 6.28. The molecule has 4 aromatic rings. The molecule has 0 aliphatic carbocycles. The van der Waals surface area contributed by atoms with E-state index in [1.165, 1.54) is 4.68 Å². The van der Waals surface area contributed by atoms with E-state index in [2.05, 4.69) is 17.2 Å². The minimum Gasteiger partial charge on any atom is -0.338 e. The summed E-state index contributed by atoms with van der Waals surface area (Å²) in [4.78, 5) is 28.0. The standard InChI is InChI=1S/C27H26N4O2/c1-29-27(33)31(24-12-6-3-7-13-24)25(28-29)23-11-8-18-30(19-23)26(32)22-16-14-21(15-17-22)20-9-4-2-5-10-20/h2-7,9-10,12-17,23H,8,11,18-19H2,1H3. The lowest BCUT2D eigenvalue weighted by Gasteiger charge is -2.32. The smallest absolute Gasteiger partial charge is 0.338 e. The van der Waals surface area contributed by atoms with Gasteiger partial charge < -0.3 is 4.90 Å². The summed E-state index contributed by atoms with van der Waals surface area (Å²) in [5.41, 5.74) is 3.52. The van der Waals surface area contributed by atoms with Crippen LogP contribution in [0.4, 0.5) is 0 Å². The normalized spacial score (nSPS) is 16.0. The van der Waals surface area contributed by atoms with Crippen molar-refractivity contribution in [2.75, 3.05) is 13.1 Å². The van der Waals surface area contributed by atoms with Gasteiger partial charge in [-0.2, -0.15) is 5.10 Å². The molecule has 3 aromatic carbocycles. The van der Waals surface area contributed by atoms with Gasteiger partial charge in [0.25, 0.3) is 5.91 Å². The van der Waals surface area contributed by atoms with Gasteiger partial charge in [-0.05, 0) is 48.2 Å². The predicted octanol–water partition coefficient (Wildman–Crippen LogP) is 4.26. The number of aromatic nitrogens is 3. The first-order chi connectivity index (χ1) is 16.1. The van der Waals surface area contributed by atoms with Crippen molar-refractivity contribution in [1.82, 2.24) is 19.2 Å². The Morgan fingerprint density at radius 1 is 0.879 bits per heavy atom. The zero-order valence-electron chi connectivity index (χ0n) is 18.6. The maximum Gasteiger partial charge on any atom is 0.350 e. The molecule has 1 atom stereocenters. The minimum atomic E-state index is -0.170. The van der Waals surface area contributed by atoms with Crippen molar-refractivity contribution in [2.45, 2.75) is 18.8 Å². The fraction of sp³-hybridized carbons (Fsp3) is 0.222. The lowest BCUT2D eigenvalue weighted by molar-refractivity contribution is 0.0704. The third kappa shape index (κ3) is 4.12. The number of likely N-dealkylation sites (tertiary alicyclic amines) is 1. The van der Waals surface area contributed by atoms with Crippen molar-refractivity contribution in [3.8, 4) is 16.8 Å². The SMILES string of the molecule is Cn1nc(C2CCCN(C(=O)c3ccc(-c4ccccc4)cc3)C2)n(-c2ccccc2)c1=O. The van der Waals surface area contributed by atoms with Gasteiger partial charge in [-0.1, -0.05) is 60.7 Å². The summed E-state index contributed by atoms with van der Waals surface area (Å²) in [7, 11) is 1.67. The molecule has 1 aromatic heterocycles. The Balaban J connectivity index is 1.38. The van der Waals surface area contributed by atoms with Gasteiger partial charge in [0.2, 0.25) is 0 Å². The number of hydrogen-bond donors (Lipinski definition) is 0. The van der Waals surface area contributed by atoms with E-state index in [9.17, 15) is 9.59 Å². The number of aryl methyl sites for hydroxylation is 1. The van der Waals surface area contributed by atoms with E-state index in [0.717, 1.165) is 29.7 Å². The molecule has 1 fully saturated rings. The van der Waals surface area contributed by atoms with E-state index in [0.29, 0.717) is 24.5 Å². The molecule has 6 nitrogen and oxygen atoms in total. The molecule has 0 radical (unpaired) electrons. The number of carbonyl (C=O) groups excluding carboxylic acids is 1. The Hall–Kier alpha value is -3.93. The van der Waals surface area contributed by atoms with Crippen LogP contribution < -0.4 is 5.69 Å². The van der Waals surface area contributed by atoms with Gasteiger partial charge in [-0.15, -0.1) is 0 Å². The molecule has 1 amide bonds. The molecule has 0 spiro atoms. The number of nitrogens with zero attached hydrogens (tertiary/aromatic N) is 4. The molecule has 166 valence electrons. The Labute approximate surface area is 192 Å². The highest BCUT2D eigenvalue weighted by atomic mass is 16.2. The monoisotopic (exact) mass is 438 g/mol. The van der Waals surface area contributed by atoms with Crippen LogP contribution in [0.2, 0.25) is 0 Å². The van der Waals surface area contributed by atoms with E-state index in [1.54, 1.807) is 11.6 Å². The molecule has 0 bridgehead atoms. The van der Waals surface area contributed by atoms with Gasteiger partial charge >= 0.3 is 5.69 Å². The number of rotatable bonds is 4. The second kappa shape index (κ2) is 8.90. The predicted molar refractivity (Wildman–Crippen MR) is 129 cm³/mol. The summed E-state index contributed by atoms with van der Waals surface area (Å²) in [6.07, 6.45) is 1.76. The quantitative estimate of drug-likeness (QED) is 0.478. The Kier molecular flexibility index (Phi) is 5.65. The number of benzene rings is 3. The van der Waals surface area contributed by atoms with Crippen LogP contribution in [0.1, 0.15) is 34.9 Å². The van der Waals surface area contributed by atoms with E-state index < -0.39 is 0 Å². The van der Waals surface area contributed by atoms with Crippen LogP contribution in [0.5, 0.6) is 0 Å². The maximum atomic E-state index is 13.3. The summed E-state index contributed by atoms with van der Waals surface area (Å²) in [6.45, 7) is 1.25. The van der Waals surface area contributed by atoms with Crippen LogP contribution in [0.25, 0.3) is 16.8 Å². The van der Waals surface area contributed by atoms with Crippen molar-refractivity contribution in [3.05, 3.63) is 107 Å². The Morgan fingerprint density at radius 2 is 1.52 bits per heavy atom. The first kappa shape index (κ1) is 20.9. The maximum absolute atomic E-state index is 13.3. The summed E-state index contributed by atoms with van der Waals surface area (Å²) >= 11 is 0. The summed E-state index contributed by atoms with van der Waals surface area (Å²) in [5.74, 6) is 0.731. The molecule has 1 saturated heterocycles. The fourth-order valence-corrected chi connectivity index (χ4v) is 4.56. The average Bonchev–Trinajstić information content (AvgIpc) is 3.19. The summed E-state index contributed by atoms with van der Waals surface area (Å²) in [5, 5.41) is 4.55. The van der Waals surface area contributed by atoms with Gasteiger partial charge in [0.15, 0.2) is 0 Å². The molecular formula is C27H26N4O2. The number of hydrogen-bond acceptors (Lipinski definition) is 3. The van der Waals surface area contributed by atoms with Crippen LogP contribution >= 0.6 is 0 Å². The van der Waals surface area contributed by atoms with Crippen LogP contribution in [0.15, 0.2) is 89.7 Å². The summed E-state index contributed by atoms with van der Waals surface area (Å²) < 4.78 is 3.05. The van der Waals surface area contributed by atoms with Crippen LogP contribution in [-0.2, 0) is 7.05 Å². The van der Waals surface area contributed by atoms with Crippen molar-refractivity contribution in [2.24, 2.45) is 7.05 Å². The number of amides is 1. The lowest BCUT2D eigenvalue weighted by Crippen LogP contribution is -2.40. The second-order valence-corrected chi connectivity index (χ2v) is 8.47. The van der Waals surface area contributed by atoms with E-state index in [4.69, 9.17) is 0 Å². The van der Waals surface area contributed by atoms with Crippen LogP contribution in [0, 0.1) is 0 Å². The second-order valence-electron chi connectivity index (χ2n) is 8.47. The Morgan fingerprint density at radius 3 is 2.21 bits per heavy atom. The molecule has 33 heavy (non-hydrogen) atoms. The molecule has 1 unspecified atom stereocenters. The van der Waals surface area contributed by atoms with Crippen LogP contribution in [-0.4, -0.2) is 38.2 Å². The lowest BCUT2D eigenvalue weighted by atomic mass is 9.96. The van der Waals surface area contributed by atoms with Crippen molar-refractivity contribution in [3.63, 3.8) is 0 Å². The topological polar surface area (TPSA) is 60.1 Å². The molecular weight excluding hydrogens is 412 g/mol.